The standard InChI is InChI=1S/C22H21NO7S/c24-10-15-17(25)18(26)19(27)22(30-15)29-14-9-11-5-1-3-7-13(11)28-20(14)21-23-12-6-2-4-8-16(12)31-21/h1-9,15,17-20,22,24-27H,10H2/t15-,17+,18+,19-,20?,22-/m1/s1. The molecule has 1 saturated heterocycles. The molecule has 2 aromatic carbocycles. The number of rotatable bonds is 4. The molecule has 0 aliphatic carbocycles. The lowest BCUT2D eigenvalue weighted by molar-refractivity contribution is -0.293. The predicted octanol–water partition coefficient (Wildman–Crippen LogP) is 1.59. The van der Waals surface area contributed by atoms with Gasteiger partial charge in [0.05, 0.1) is 16.8 Å². The first-order valence-electron chi connectivity index (χ1n) is 9.85. The van der Waals surface area contributed by atoms with Crippen LogP contribution < -0.4 is 4.74 Å². The molecule has 0 radical (unpaired) electrons. The SMILES string of the molecule is OC[C@H]1O[C@@H](OC2=Cc3ccccc3OC2c2nc3ccccc3s2)[C@H](O)[C@@H](O)[C@H]1O. The zero-order valence-electron chi connectivity index (χ0n) is 16.2. The van der Waals surface area contributed by atoms with Crippen LogP contribution in [0.1, 0.15) is 16.7 Å². The molecule has 3 heterocycles. The van der Waals surface area contributed by atoms with Gasteiger partial charge in [-0.25, -0.2) is 4.98 Å². The van der Waals surface area contributed by atoms with Crippen LogP contribution in [0.2, 0.25) is 0 Å². The second-order valence-electron chi connectivity index (χ2n) is 7.42. The van der Waals surface area contributed by atoms with Crippen molar-refractivity contribution in [2.24, 2.45) is 0 Å². The summed E-state index contributed by atoms with van der Waals surface area (Å²) in [7, 11) is 0. The molecule has 2 aliphatic heterocycles. The molecule has 1 unspecified atom stereocenters. The minimum Gasteiger partial charge on any atom is -0.475 e. The van der Waals surface area contributed by atoms with E-state index in [4.69, 9.17) is 14.2 Å². The maximum Gasteiger partial charge on any atom is 0.228 e. The molecule has 3 aromatic rings. The number of aliphatic hydroxyl groups excluding tert-OH is 4. The van der Waals surface area contributed by atoms with Gasteiger partial charge in [-0.15, -0.1) is 11.3 Å². The smallest absolute Gasteiger partial charge is 0.228 e. The van der Waals surface area contributed by atoms with Crippen LogP contribution in [0.5, 0.6) is 5.75 Å². The van der Waals surface area contributed by atoms with Crippen LogP contribution in [0, 0.1) is 0 Å². The number of benzene rings is 2. The average molecular weight is 443 g/mol. The second-order valence-corrected chi connectivity index (χ2v) is 8.48. The average Bonchev–Trinajstić information content (AvgIpc) is 3.23. The second kappa shape index (κ2) is 8.19. The zero-order valence-corrected chi connectivity index (χ0v) is 17.1. The number of hydrogen-bond acceptors (Lipinski definition) is 9. The summed E-state index contributed by atoms with van der Waals surface area (Å²) >= 11 is 1.46. The van der Waals surface area contributed by atoms with Gasteiger partial charge < -0.3 is 34.6 Å². The van der Waals surface area contributed by atoms with Crippen molar-refractivity contribution in [3.63, 3.8) is 0 Å². The Morgan fingerprint density at radius 3 is 2.55 bits per heavy atom. The topological polar surface area (TPSA) is 122 Å². The van der Waals surface area contributed by atoms with Gasteiger partial charge in [0.2, 0.25) is 12.4 Å². The van der Waals surface area contributed by atoms with Crippen molar-refractivity contribution in [3.05, 3.63) is 64.9 Å². The summed E-state index contributed by atoms with van der Waals surface area (Å²) in [6.45, 7) is -0.537. The first-order chi connectivity index (χ1) is 15.0. The molecule has 4 N–H and O–H groups in total. The molecule has 0 amide bonds. The predicted molar refractivity (Wildman–Crippen MR) is 112 cm³/mol. The molecule has 2 aliphatic rings. The van der Waals surface area contributed by atoms with Crippen molar-refractivity contribution in [1.29, 1.82) is 0 Å². The first-order valence-corrected chi connectivity index (χ1v) is 10.7. The maximum atomic E-state index is 10.4. The highest BCUT2D eigenvalue weighted by Gasteiger charge is 2.46. The number of aliphatic hydroxyl groups is 4. The van der Waals surface area contributed by atoms with E-state index in [0.717, 1.165) is 15.8 Å². The Morgan fingerprint density at radius 1 is 0.968 bits per heavy atom. The molecule has 162 valence electrons. The Hall–Kier alpha value is -2.53. The molecule has 6 atom stereocenters. The maximum absolute atomic E-state index is 10.4. The van der Waals surface area contributed by atoms with E-state index in [1.54, 1.807) is 6.08 Å². The van der Waals surface area contributed by atoms with Crippen LogP contribution in [-0.4, -0.2) is 62.7 Å². The van der Waals surface area contributed by atoms with Gasteiger partial charge in [-0.2, -0.15) is 0 Å². The van der Waals surface area contributed by atoms with Gasteiger partial charge in [-0.1, -0.05) is 30.3 Å². The van der Waals surface area contributed by atoms with Crippen LogP contribution in [-0.2, 0) is 9.47 Å². The molecule has 1 aromatic heterocycles. The minimum atomic E-state index is -1.53. The molecule has 8 nitrogen and oxygen atoms in total. The van der Waals surface area contributed by atoms with Crippen molar-refractivity contribution in [2.45, 2.75) is 36.8 Å². The molecule has 0 saturated carbocycles. The molecular weight excluding hydrogens is 422 g/mol. The lowest BCUT2D eigenvalue weighted by Gasteiger charge is -2.40. The first kappa shape index (κ1) is 20.4. The third-order valence-electron chi connectivity index (χ3n) is 5.36. The number of fused-ring (bicyclic) bond motifs is 2. The third kappa shape index (κ3) is 3.69. The summed E-state index contributed by atoms with van der Waals surface area (Å²) in [4.78, 5) is 4.67. The van der Waals surface area contributed by atoms with Crippen molar-refractivity contribution in [3.8, 4) is 5.75 Å². The molecule has 0 spiro atoms. The van der Waals surface area contributed by atoms with Gasteiger partial charge in [0.1, 0.15) is 40.9 Å². The Kier molecular flexibility index (Phi) is 5.39. The van der Waals surface area contributed by atoms with E-state index in [1.165, 1.54) is 11.3 Å². The number of aromatic nitrogens is 1. The van der Waals surface area contributed by atoms with E-state index in [-0.39, 0.29) is 0 Å². The lowest BCUT2D eigenvalue weighted by atomic mass is 9.99. The molecule has 0 bridgehead atoms. The molecule has 1 fully saturated rings. The van der Waals surface area contributed by atoms with E-state index in [0.29, 0.717) is 16.5 Å². The van der Waals surface area contributed by atoms with Crippen LogP contribution in [0.3, 0.4) is 0 Å². The number of ether oxygens (including phenoxy) is 3. The molecular formula is C22H21NO7S. The number of hydrogen-bond donors (Lipinski definition) is 4. The number of thiazole rings is 1. The highest BCUT2D eigenvalue weighted by Crippen LogP contribution is 2.41. The van der Waals surface area contributed by atoms with Crippen molar-refractivity contribution in [2.75, 3.05) is 6.61 Å². The van der Waals surface area contributed by atoms with Crippen LogP contribution >= 0.6 is 11.3 Å². The summed E-state index contributed by atoms with van der Waals surface area (Å²) in [5.74, 6) is 0.995. The molecule has 5 rings (SSSR count). The number of nitrogens with zero attached hydrogens (tertiary/aromatic N) is 1. The van der Waals surface area contributed by atoms with E-state index < -0.39 is 43.4 Å². The van der Waals surface area contributed by atoms with E-state index in [9.17, 15) is 20.4 Å². The lowest BCUT2D eigenvalue weighted by Crippen LogP contribution is -2.59. The summed E-state index contributed by atoms with van der Waals surface area (Å²) < 4.78 is 18.7. The largest absolute Gasteiger partial charge is 0.475 e. The normalized spacial score (nSPS) is 30.4. The minimum absolute atomic E-state index is 0.335. The van der Waals surface area contributed by atoms with Gasteiger partial charge in [0.25, 0.3) is 0 Å². The van der Waals surface area contributed by atoms with Gasteiger partial charge in [-0.3, -0.25) is 0 Å². The quantitative estimate of drug-likeness (QED) is 0.480. The summed E-state index contributed by atoms with van der Waals surface area (Å²) in [5.41, 5.74) is 1.61. The van der Waals surface area contributed by atoms with Crippen LogP contribution in [0.4, 0.5) is 0 Å². The Bertz CT molecular complexity index is 1080. The highest BCUT2D eigenvalue weighted by molar-refractivity contribution is 7.18. The molecule has 9 heteroatoms. The van der Waals surface area contributed by atoms with Crippen molar-refractivity contribution >= 4 is 27.6 Å². The van der Waals surface area contributed by atoms with E-state index in [1.807, 2.05) is 48.5 Å². The zero-order chi connectivity index (χ0) is 21.5. The fourth-order valence-electron chi connectivity index (χ4n) is 3.69. The summed E-state index contributed by atoms with van der Waals surface area (Å²) in [5, 5.41) is 40.6. The monoisotopic (exact) mass is 443 g/mol. The third-order valence-corrected chi connectivity index (χ3v) is 6.44. The fraction of sp³-hybridized carbons (Fsp3) is 0.318. The highest BCUT2D eigenvalue weighted by atomic mass is 32.1. The Morgan fingerprint density at radius 2 is 1.74 bits per heavy atom. The summed E-state index contributed by atoms with van der Waals surface area (Å²) in [6, 6.07) is 15.2. The summed E-state index contributed by atoms with van der Waals surface area (Å²) in [6.07, 6.45) is -5.82. The van der Waals surface area contributed by atoms with Crippen molar-refractivity contribution < 1.29 is 34.6 Å². The van der Waals surface area contributed by atoms with Gasteiger partial charge in [-0.05, 0) is 24.3 Å². The van der Waals surface area contributed by atoms with Gasteiger partial charge in [0.15, 0.2) is 0 Å². The van der Waals surface area contributed by atoms with Gasteiger partial charge in [0, 0.05) is 5.56 Å². The van der Waals surface area contributed by atoms with Gasteiger partial charge >= 0.3 is 0 Å². The van der Waals surface area contributed by atoms with Crippen LogP contribution in [0.15, 0.2) is 54.3 Å². The Labute approximate surface area is 181 Å². The van der Waals surface area contributed by atoms with Crippen LogP contribution in [0.25, 0.3) is 16.3 Å². The fourth-order valence-corrected chi connectivity index (χ4v) is 4.70. The Balaban J connectivity index is 1.51. The van der Waals surface area contributed by atoms with E-state index in [2.05, 4.69) is 4.98 Å². The van der Waals surface area contributed by atoms with E-state index >= 15 is 0 Å². The number of para-hydroxylation sites is 2. The van der Waals surface area contributed by atoms with Crippen molar-refractivity contribution in [1.82, 2.24) is 4.98 Å². The molecule has 31 heavy (non-hydrogen) atoms.